The minimum absolute atomic E-state index is 0.616. The summed E-state index contributed by atoms with van der Waals surface area (Å²) in [6.45, 7) is 0.616. The molecule has 0 spiro atoms. The van der Waals surface area contributed by atoms with Crippen molar-refractivity contribution in [2.75, 3.05) is 12.4 Å². The van der Waals surface area contributed by atoms with E-state index in [4.69, 9.17) is 5.26 Å². The summed E-state index contributed by atoms with van der Waals surface area (Å²) in [7, 11) is 1.87. The second kappa shape index (κ2) is 4.49. The van der Waals surface area contributed by atoms with Crippen LogP contribution in [0.5, 0.6) is 0 Å². The molecule has 0 aliphatic heterocycles. The van der Waals surface area contributed by atoms with Crippen LogP contribution in [0.4, 0.5) is 5.69 Å². The molecule has 2 aromatic rings. The first kappa shape index (κ1) is 10.2. The molecule has 0 aromatic carbocycles. The van der Waals surface area contributed by atoms with Crippen LogP contribution in [0.25, 0.3) is 0 Å². The van der Waals surface area contributed by atoms with Gasteiger partial charge in [0.25, 0.3) is 0 Å². The van der Waals surface area contributed by atoms with Crippen LogP contribution in [0.2, 0.25) is 0 Å². The van der Waals surface area contributed by atoms with Crippen LogP contribution in [0.3, 0.4) is 0 Å². The van der Waals surface area contributed by atoms with Crippen molar-refractivity contribution in [3.63, 3.8) is 0 Å². The first-order chi connectivity index (χ1) is 7.83. The van der Waals surface area contributed by atoms with Crippen molar-refractivity contribution in [3.05, 3.63) is 48.0 Å². The summed E-state index contributed by atoms with van der Waals surface area (Å²) in [4.78, 5) is 4.27. The Morgan fingerprint density at radius 1 is 1.50 bits per heavy atom. The van der Waals surface area contributed by atoms with E-state index in [9.17, 15) is 0 Å². The van der Waals surface area contributed by atoms with Crippen molar-refractivity contribution in [1.82, 2.24) is 9.55 Å². The Labute approximate surface area is 94.2 Å². The monoisotopic (exact) mass is 212 g/mol. The van der Waals surface area contributed by atoms with Crippen LogP contribution in [-0.4, -0.2) is 16.6 Å². The molecular formula is C12H12N4. The molecule has 2 aromatic heterocycles. The van der Waals surface area contributed by atoms with Gasteiger partial charge in [-0.25, -0.2) is 0 Å². The number of aromatic nitrogens is 2. The van der Waals surface area contributed by atoms with Gasteiger partial charge in [0.05, 0.1) is 12.2 Å². The smallest absolute Gasteiger partial charge is 0.120 e. The molecule has 0 bridgehead atoms. The zero-order valence-corrected chi connectivity index (χ0v) is 9.01. The molecule has 2 rings (SSSR count). The topological polar surface area (TPSA) is 53.6 Å². The molecule has 0 amide bonds. The van der Waals surface area contributed by atoms with Crippen molar-refractivity contribution in [2.45, 2.75) is 6.54 Å². The third-order valence-electron chi connectivity index (χ3n) is 2.38. The highest BCUT2D eigenvalue weighted by atomic mass is 15.0. The number of hydrogen-bond donors (Lipinski definition) is 1. The lowest BCUT2D eigenvalue weighted by molar-refractivity contribution is 0.770. The van der Waals surface area contributed by atoms with Crippen LogP contribution in [0.15, 0.2) is 36.7 Å². The van der Waals surface area contributed by atoms with Crippen LogP contribution in [0, 0.1) is 11.3 Å². The molecule has 0 saturated heterocycles. The van der Waals surface area contributed by atoms with E-state index in [1.807, 2.05) is 36.0 Å². The summed E-state index contributed by atoms with van der Waals surface area (Å²) in [5.41, 5.74) is 2.60. The Balaban J connectivity index is 2.24. The van der Waals surface area contributed by atoms with Crippen LogP contribution in [-0.2, 0) is 6.54 Å². The molecule has 0 unspecified atom stereocenters. The van der Waals surface area contributed by atoms with Gasteiger partial charge in [0.2, 0.25) is 0 Å². The van der Waals surface area contributed by atoms with Gasteiger partial charge < -0.3 is 9.88 Å². The highest BCUT2D eigenvalue weighted by Crippen LogP contribution is 2.10. The van der Waals surface area contributed by atoms with Crippen molar-refractivity contribution >= 4 is 5.69 Å². The van der Waals surface area contributed by atoms with Gasteiger partial charge in [-0.15, -0.1) is 0 Å². The van der Waals surface area contributed by atoms with Gasteiger partial charge in [-0.05, 0) is 24.3 Å². The number of pyridine rings is 1. The average Bonchev–Trinajstić information content (AvgIpc) is 2.76. The summed E-state index contributed by atoms with van der Waals surface area (Å²) in [6, 6.07) is 9.68. The van der Waals surface area contributed by atoms with Crippen molar-refractivity contribution in [3.8, 4) is 6.07 Å². The Kier molecular flexibility index (Phi) is 2.88. The van der Waals surface area contributed by atoms with E-state index in [1.54, 1.807) is 12.3 Å². The summed E-state index contributed by atoms with van der Waals surface area (Å²) >= 11 is 0. The first-order valence-corrected chi connectivity index (χ1v) is 5.01. The van der Waals surface area contributed by atoms with E-state index in [0.717, 1.165) is 11.4 Å². The van der Waals surface area contributed by atoms with Crippen molar-refractivity contribution < 1.29 is 0 Å². The molecule has 0 fully saturated rings. The Hall–Kier alpha value is -2.28. The molecule has 16 heavy (non-hydrogen) atoms. The quantitative estimate of drug-likeness (QED) is 0.844. The molecule has 0 atom stereocenters. The van der Waals surface area contributed by atoms with Gasteiger partial charge >= 0.3 is 0 Å². The fourth-order valence-electron chi connectivity index (χ4n) is 1.55. The molecule has 0 radical (unpaired) electrons. The van der Waals surface area contributed by atoms with E-state index in [1.165, 1.54) is 0 Å². The molecule has 80 valence electrons. The molecular weight excluding hydrogens is 200 g/mol. The maximum atomic E-state index is 8.88. The average molecular weight is 212 g/mol. The third-order valence-corrected chi connectivity index (χ3v) is 2.38. The number of nitriles is 1. The highest BCUT2D eigenvalue weighted by Gasteiger charge is 2.01. The van der Waals surface area contributed by atoms with Crippen LogP contribution < -0.4 is 5.32 Å². The normalized spacial score (nSPS) is 9.75. The minimum atomic E-state index is 0.616. The lowest BCUT2D eigenvalue weighted by Gasteiger charge is -2.06. The molecule has 4 heteroatoms. The second-order valence-corrected chi connectivity index (χ2v) is 3.42. The van der Waals surface area contributed by atoms with Gasteiger partial charge in [0.1, 0.15) is 11.8 Å². The van der Waals surface area contributed by atoms with Crippen molar-refractivity contribution in [1.29, 1.82) is 5.26 Å². The fraction of sp³-hybridized carbons (Fsp3) is 0.167. The first-order valence-electron chi connectivity index (χ1n) is 5.01. The van der Waals surface area contributed by atoms with Crippen LogP contribution >= 0.6 is 0 Å². The Morgan fingerprint density at radius 2 is 2.38 bits per heavy atom. The third kappa shape index (κ3) is 2.04. The van der Waals surface area contributed by atoms with Crippen LogP contribution in [0.1, 0.15) is 11.4 Å². The number of nitrogens with zero attached hydrogens (tertiary/aromatic N) is 3. The van der Waals surface area contributed by atoms with Gasteiger partial charge in [0.15, 0.2) is 0 Å². The Bertz CT molecular complexity index is 522. The lowest BCUT2D eigenvalue weighted by Crippen LogP contribution is -2.03. The fourth-order valence-corrected chi connectivity index (χ4v) is 1.55. The zero-order valence-electron chi connectivity index (χ0n) is 9.01. The number of hydrogen-bond acceptors (Lipinski definition) is 3. The second-order valence-electron chi connectivity index (χ2n) is 3.42. The largest absolute Gasteiger partial charge is 0.388 e. The summed E-state index contributed by atoms with van der Waals surface area (Å²) in [5.74, 6) is 0. The molecule has 2 heterocycles. The van der Waals surface area contributed by atoms with Gasteiger partial charge in [0, 0.05) is 25.1 Å². The highest BCUT2D eigenvalue weighted by molar-refractivity contribution is 5.42. The van der Waals surface area contributed by atoms with E-state index in [0.29, 0.717) is 12.2 Å². The summed E-state index contributed by atoms with van der Waals surface area (Å²) in [5, 5.41) is 11.9. The van der Waals surface area contributed by atoms with Gasteiger partial charge in [-0.1, -0.05) is 0 Å². The standard InChI is InChI=1S/C12H12N4/c1-14-10-4-5-15-11(7-10)9-16-6-2-3-12(16)8-13/h2-7H,9H2,1H3,(H,14,15). The van der Waals surface area contributed by atoms with E-state index < -0.39 is 0 Å². The molecule has 4 nitrogen and oxygen atoms in total. The minimum Gasteiger partial charge on any atom is -0.388 e. The van der Waals surface area contributed by atoms with Crippen molar-refractivity contribution in [2.24, 2.45) is 0 Å². The summed E-state index contributed by atoms with van der Waals surface area (Å²) < 4.78 is 1.88. The Morgan fingerprint density at radius 3 is 3.12 bits per heavy atom. The number of rotatable bonds is 3. The van der Waals surface area contributed by atoms with Gasteiger partial charge in [-0.3, -0.25) is 4.98 Å². The van der Waals surface area contributed by atoms with E-state index in [2.05, 4.69) is 16.4 Å². The number of anilines is 1. The summed E-state index contributed by atoms with van der Waals surface area (Å²) in [6.07, 6.45) is 3.64. The predicted octanol–water partition coefficient (Wildman–Crippen LogP) is 1.84. The SMILES string of the molecule is CNc1ccnc(Cn2cccc2C#N)c1. The molecule has 1 N–H and O–H groups in total. The van der Waals surface area contributed by atoms with E-state index >= 15 is 0 Å². The molecule has 0 saturated carbocycles. The van der Waals surface area contributed by atoms with E-state index in [-0.39, 0.29) is 0 Å². The lowest BCUT2D eigenvalue weighted by atomic mass is 10.3. The predicted molar refractivity (Wildman–Crippen MR) is 62.0 cm³/mol. The molecule has 0 aliphatic carbocycles. The number of nitrogens with one attached hydrogen (secondary N) is 1. The maximum Gasteiger partial charge on any atom is 0.120 e. The van der Waals surface area contributed by atoms with Gasteiger partial charge in [-0.2, -0.15) is 5.26 Å². The zero-order chi connectivity index (χ0) is 11.4. The maximum absolute atomic E-state index is 8.88. The molecule has 0 aliphatic rings.